The number of ether oxygens (including phenoxy) is 3. The highest BCUT2D eigenvalue weighted by molar-refractivity contribution is 8.01. The molecule has 1 heterocycles. The van der Waals surface area contributed by atoms with Gasteiger partial charge in [0.05, 0.1) is 24.0 Å². The van der Waals surface area contributed by atoms with Crippen LogP contribution in [0.4, 0.5) is 5.69 Å². The topological polar surface area (TPSA) is 73.9 Å². The van der Waals surface area contributed by atoms with Crippen molar-refractivity contribution in [3.05, 3.63) is 48.5 Å². The fourth-order valence-electron chi connectivity index (χ4n) is 2.55. The lowest BCUT2D eigenvalue weighted by molar-refractivity contribution is -0.145. The maximum atomic E-state index is 12.1. The molecule has 0 saturated carbocycles. The zero-order valence-corrected chi connectivity index (χ0v) is 15.8. The van der Waals surface area contributed by atoms with Crippen LogP contribution in [0.25, 0.3) is 0 Å². The summed E-state index contributed by atoms with van der Waals surface area (Å²) in [4.78, 5) is 25.1. The molecule has 1 amide bonds. The Balaban J connectivity index is 1.39. The Morgan fingerprint density at radius 1 is 1.04 bits per heavy atom. The van der Waals surface area contributed by atoms with Crippen molar-refractivity contribution >= 4 is 29.3 Å². The summed E-state index contributed by atoms with van der Waals surface area (Å²) in [6.07, 6.45) is 0.0217. The van der Waals surface area contributed by atoms with E-state index in [4.69, 9.17) is 14.2 Å². The van der Waals surface area contributed by atoms with Crippen LogP contribution in [-0.2, 0) is 14.3 Å². The second-order valence-corrected chi connectivity index (χ2v) is 7.01. The Kier molecular flexibility index (Phi) is 6.59. The monoisotopic (exact) mass is 387 g/mol. The van der Waals surface area contributed by atoms with Crippen molar-refractivity contribution in [1.82, 2.24) is 0 Å². The van der Waals surface area contributed by atoms with E-state index in [1.165, 1.54) is 11.8 Å². The van der Waals surface area contributed by atoms with E-state index < -0.39 is 11.2 Å². The number of amides is 1. The Bertz CT molecular complexity index is 793. The predicted molar refractivity (Wildman–Crippen MR) is 103 cm³/mol. The van der Waals surface area contributed by atoms with Gasteiger partial charge in [-0.05, 0) is 43.3 Å². The number of nitrogens with one attached hydrogen (secondary N) is 1. The van der Waals surface area contributed by atoms with Crippen LogP contribution in [-0.4, -0.2) is 36.9 Å². The predicted octanol–water partition coefficient (Wildman–Crippen LogP) is 3.51. The van der Waals surface area contributed by atoms with Crippen molar-refractivity contribution in [1.29, 1.82) is 0 Å². The standard InChI is InChI=1S/C20H21NO5S/c1-2-24-14-7-9-15(10-8-14)25-11-12-26-19(22)13-18-20(23)21-16-5-3-4-6-17(16)27-18/h3-10,18H,2,11-13H2,1H3,(H,21,23)/t18-/m0/s1. The second-order valence-electron chi connectivity index (χ2n) is 5.77. The van der Waals surface area contributed by atoms with Crippen molar-refractivity contribution in [3.8, 4) is 11.5 Å². The van der Waals surface area contributed by atoms with Gasteiger partial charge < -0.3 is 19.5 Å². The molecule has 1 atom stereocenters. The Morgan fingerprint density at radius 2 is 1.74 bits per heavy atom. The SMILES string of the molecule is CCOc1ccc(OCCOC(=O)C[C@@H]2Sc3ccccc3NC2=O)cc1. The number of hydrogen-bond donors (Lipinski definition) is 1. The highest BCUT2D eigenvalue weighted by atomic mass is 32.2. The number of carbonyl (C=O) groups excluding carboxylic acids is 2. The molecule has 7 heteroatoms. The van der Waals surface area contributed by atoms with Crippen molar-refractivity contribution < 1.29 is 23.8 Å². The lowest BCUT2D eigenvalue weighted by Gasteiger charge is -2.23. The fourth-order valence-corrected chi connectivity index (χ4v) is 3.65. The van der Waals surface area contributed by atoms with Gasteiger partial charge in [0, 0.05) is 4.90 Å². The molecule has 0 fully saturated rings. The van der Waals surface area contributed by atoms with Gasteiger partial charge in [-0.15, -0.1) is 11.8 Å². The molecule has 0 radical (unpaired) electrons. The number of thioether (sulfide) groups is 1. The number of fused-ring (bicyclic) bond motifs is 1. The van der Waals surface area contributed by atoms with Crippen molar-refractivity contribution in [3.63, 3.8) is 0 Å². The molecule has 142 valence electrons. The number of rotatable bonds is 8. The number of carbonyl (C=O) groups is 2. The van der Waals surface area contributed by atoms with Gasteiger partial charge in [0.2, 0.25) is 5.91 Å². The summed E-state index contributed by atoms with van der Waals surface area (Å²) in [5, 5.41) is 2.33. The zero-order valence-electron chi connectivity index (χ0n) is 15.0. The van der Waals surface area contributed by atoms with Gasteiger partial charge in [-0.2, -0.15) is 0 Å². The van der Waals surface area contributed by atoms with Gasteiger partial charge in [0.25, 0.3) is 0 Å². The first-order valence-corrected chi connectivity index (χ1v) is 9.61. The largest absolute Gasteiger partial charge is 0.494 e. The van der Waals surface area contributed by atoms with Crippen LogP contribution < -0.4 is 14.8 Å². The first-order chi connectivity index (χ1) is 13.2. The molecule has 6 nitrogen and oxygen atoms in total. The van der Waals surface area contributed by atoms with Gasteiger partial charge in [0.1, 0.15) is 24.7 Å². The number of hydrogen-bond acceptors (Lipinski definition) is 6. The Labute approximate surface area is 162 Å². The summed E-state index contributed by atoms with van der Waals surface area (Å²) >= 11 is 1.38. The molecule has 0 spiro atoms. The van der Waals surface area contributed by atoms with E-state index in [9.17, 15) is 9.59 Å². The third-order valence-corrected chi connectivity index (χ3v) is 5.08. The van der Waals surface area contributed by atoms with Crippen LogP contribution in [0.1, 0.15) is 13.3 Å². The van der Waals surface area contributed by atoms with E-state index in [-0.39, 0.29) is 25.5 Å². The third kappa shape index (κ3) is 5.40. The quantitative estimate of drug-likeness (QED) is 0.552. The summed E-state index contributed by atoms with van der Waals surface area (Å²) in [5.74, 6) is 0.855. The number of para-hydroxylation sites is 1. The summed E-state index contributed by atoms with van der Waals surface area (Å²) < 4.78 is 16.1. The van der Waals surface area contributed by atoms with Crippen LogP contribution in [0.5, 0.6) is 11.5 Å². The van der Waals surface area contributed by atoms with E-state index >= 15 is 0 Å². The van der Waals surface area contributed by atoms with Crippen molar-refractivity contribution in [2.45, 2.75) is 23.5 Å². The average Bonchev–Trinajstić information content (AvgIpc) is 2.67. The normalized spacial score (nSPS) is 15.4. The molecule has 1 aliphatic heterocycles. The van der Waals surface area contributed by atoms with Crippen LogP contribution in [0.15, 0.2) is 53.4 Å². The van der Waals surface area contributed by atoms with Gasteiger partial charge in [-0.3, -0.25) is 9.59 Å². The summed E-state index contributed by atoms with van der Waals surface area (Å²) in [7, 11) is 0. The molecular formula is C20H21NO5S. The van der Waals surface area contributed by atoms with E-state index in [2.05, 4.69) is 5.32 Å². The summed E-state index contributed by atoms with van der Waals surface area (Å²) in [6.45, 7) is 2.90. The molecular weight excluding hydrogens is 366 g/mol. The number of benzene rings is 2. The molecule has 0 aliphatic carbocycles. The molecule has 1 N–H and O–H groups in total. The van der Waals surface area contributed by atoms with E-state index in [0.717, 1.165) is 16.3 Å². The molecule has 0 saturated heterocycles. The summed E-state index contributed by atoms with van der Waals surface area (Å²) in [6, 6.07) is 14.8. The molecule has 0 unspecified atom stereocenters. The number of esters is 1. The minimum atomic E-state index is -0.487. The first kappa shape index (κ1) is 19.1. The maximum Gasteiger partial charge on any atom is 0.307 e. The van der Waals surface area contributed by atoms with Crippen LogP contribution in [0.2, 0.25) is 0 Å². The zero-order chi connectivity index (χ0) is 19.1. The maximum absolute atomic E-state index is 12.1. The molecule has 3 rings (SSSR count). The molecule has 1 aliphatic rings. The smallest absolute Gasteiger partial charge is 0.307 e. The lowest BCUT2D eigenvalue weighted by atomic mass is 10.2. The fraction of sp³-hybridized carbons (Fsp3) is 0.300. The minimum absolute atomic E-state index is 0.0217. The van der Waals surface area contributed by atoms with Gasteiger partial charge >= 0.3 is 5.97 Å². The molecule has 0 aromatic heterocycles. The van der Waals surface area contributed by atoms with E-state index in [1.54, 1.807) is 12.1 Å². The van der Waals surface area contributed by atoms with Crippen LogP contribution in [0, 0.1) is 0 Å². The summed E-state index contributed by atoms with van der Waals surface area (Å²) in [5.41, 5.74) is 0.779. The molecule has 2 aromatic rings. The lowest BCUT2D eigenvalue weighted by Crippen LogP contribution is -2.31. The second kappa shape index (κ2) is 9.32. The number of anilines is 1. The van der Waals surface area contributed by atoms with Gasteiger partial charge in [-0.25, -0.2) is 0 Å². The third-order valence-electron chi connectivity index (χ3n) is 3.81. The average molecular weight is 387 g/mol. The van der Waals surface area contributed by atoms with E-state index in [1.807, 2.05) is 43.3 Å². The Morgan fingerprint density at radius 3 is 2.48 bits per heavy atom. The highest BCUT2D eigenvalue weighted by Crippen LogP contribution is 2.36. The van der Waals surface area contributed by atoms with Gasteiger partial charge in [0.15, 0.2) is 0 Å². The highest BCUT2D eigenvalue weighted by Gasteiger charge is 2.29. The van der Waals surface area contributed by atoms with Crippen LogP contribution >= 0.6 is 11.8 Å². The molecule has 27 heavy (non-hydrogen) atoms. The van der Waals surface area contributed by atoms with Crippen molar-refractivity contribution in [2.75, 3.05) is 25.1 Å². The van der Waals surface area contributed by atoms with Gasteiger partial charge in [-0.1, -0.05) is 12.1 Å². The van der Waals surface area contributed by atoms with Crippen LogP contribution in [0.3, 0.4) is 0 Å². The molecule has 2 aromatic carbocycles. The first-order valence-electron chi connectivity index (χ1n) is 8.73. The molecule has 0 bridgehead atoms. The van der Waals surface area contributed by atoms with E-state index in [0.29, 0.717) is 12.4 Å². The van der Waals surface area contributed by atoms with Crippen molar-refractivity contribution in [2.24, 2.45) is 0 Å². The Hall–Kier alpha value is -2.67. The minimum Gasteiger partial charge on any atom is -0.494 e.